The Bertz CT molecular complexity index is 602. The highest BCUT2D eigenvalue weighted by atomic mass is 15.3. The van der Waals surface area contributed by atoms with Gasteiger partial charge in [-0.05, 0) is 18.9 Å². The summed E-state index contributed by atoms with van der Waals surface area (Å²) in [5.41, 5.74) is 1.07. The van der Waals surface area contributed by atoms with E-state index in [0.29, 0.717) is 18.4 Å². The maximum atomic E-state index is 4.52. The van der Waals surface area contributed by atoms with Gasteiger partial charge < -0.3 is 15.5 Å². The smallest absolute Gasteiger partial charge is 0.231 e. The average Bonchev–Trinajstić information content (AvgIpc) is 3.16. The molecule has 8 nitrogen and oxygen atoms in total. The lowest BCUT2D eigenvalue weighted by atomic mass is 10.4. The van der Waals surface area contributed by atoms with Gasteiger partial charge in [0.15, 0.2) is 0 Å². The maximum Gasteiger partial charge on any atom is 0.231 e. The van der Waals surface area contributed by atoms with Crippen molar-refractivity contribution in [1.82, 2.24) is 24.7 Å². The lowest BCUT2D eigenvalue weighted by molar-refractivity contribution is 0.718. The molecule has 0 unspecified atom stereocenters. The van der Waals surface area contributed by atoms with E-state index in [1.54, 1.807) is 6.20 Å². The zero-order valence-corrected chi connectivity index (χ0v) is 12.4. The summed E-state index contributed by atoms with van der Waals surface area (Å²) in [4.78, 5) is 15.5. The highest BCUT2D eigenvalue weighted by Gasteiger charge is 2.17. The highest BCUT2D eigenvalue weighted by molar-refractivity contribution is 5.44. The van der Waals surface area contributed by atoms with E-state index >= 15 is 0 Å². The fourth-order valence-electron chi connectivity index (χ4n) is 2.36. The van der Waals surface area contributed by atoms with Crippen LogP contribution in [-0.2, 0) is 13.6 Å². The van der Waals surface area contributed by atoms with Crippen LogP contribution in [0.4, 0.5) is 17.8 Å². The molecule has 0 saturated carbocycles. The number of aromatic nitrogens is 5. The molecule has 3 rings (SSSR count). The Labute approximate surface area is 123 Å². The summed E-state index contributed by atoms with van der Waals surface area (Å²) in [5.74, 6) is 1.90. The lowest BCUT2D eigenvalue weighted by Crippen LogP contribution is -2.22. The molecule has 1 fully saturated rings. The first-order valence-electron chi connectivity index (χ1n) is 7.16. The van der Waals surface area contributed by atoms with Crippen LogP contribution in [0.1, 0.15) is 18.5 Å². The summed E-state index contributed by atoms with van der Waals surface area (Å²) in [6.07, 6.45) is 4.16. The van der Waals surface area contributed by atoms with Gasteiger partial charge in [-0.15, -0.1) is 0 Å². The highest BCUT2D eigenvalue weighted by Crippen LogP contribution is 2.18. The molecule has 112 valence electrons. The zero-order chi connectivity index (χ0) is 14.7. The number of rotatable bonds is 5. The molecule has 0 atom stereocenters. The van der Waals surface area contributed by atoms with E-state index in [4.69, 9.17) is 0 Å². The van der Waals surface area contributed by atoms with E-state index in [-0.39, 0.29) is 0 Å². The first-order valence-corrected chi connectivity index (χ1v) is 7.16. The minimum absolute atomic E-state index is 0.581. The van der Waals surface area contributed by atoms with E-state index in [0.717, 1.165) is 24.7 Å². The molecule has 0 aliphatic carbocycles. The third-order valence-electron chi connectivity index (χ3n) is 3.59. The molecule has 0 spiro atoms. The van der Waals surface area contributed by atoms with Crippen LogP contribution in [0, 0.1) is 0 Å². The van der Waals surface area contributed by atoms with Crippen molar-refractivity contribution in [3.8, 4) is 0 Å². The molecule has 1 aliphatic rings. The summed E-state index contributed by atoms with van der Waals surface area (Å²) in [5, 5.41) is 10.4. The van der Waals surface area contributed by atoms with Crippen molar-refractivity contribution in [3.05, 3.63) is 18.0 Å². The molecule has 1 aliphatic heterocycles. The predicted octanol–water partition coefficient (Wildman–Crippen LogP) is 0.859. The Morgan fingerprint density at radius 3 is 2.57 bits per heavy atom. The first-order chi connectivity index (χ1) is 10.3. The molecule has 2 aromatic heterocycles. The third-order valence-corrected chi connectivity index (χ3v) is 3.59. The van der Waals surface area contributed by atoms with Crippen molar-refractivity contribution < 1.29 is 0 Å². The van der Waals surface area contributed by atoms with E-state index in [9.17, 15) is 0 Å². The molecular formula is C13H20N8. The number of anilines is 3. The summed E-state index contributed by atoms with van der Waals surface area (Å²) >= 11 is 0. The van der Waals surface area contributed by atoms with Gasteiger partial charge in [-0.25, -0.2) is 0 Å². The molecule has 0 aromatic carbocycles. The second-order valence-electron chi connectivity index (χ2n) is 5.03. The zero-order valence-electron chi connectivity index (χ0n) is 12.4. The minimum atomic E-state index is 0.581. The van der Waals surface area contributed by atoms with E-state index < -0.39 is 0 Å². The molecule has 3 heterocycles. The first kappa shape index (κ1) is 13.6. The fraction of sp³-hybridized carbons (Fsp3) is 0.538. The summed E-state index contributed by atoms with van der Waals surface area (Å²) in [6.45, 7) is 2.64. The van der Waals surface area contributed by atoms with Crippen LogP contribution < -0.4 is 15.5 Å². The Balaban J connectivity index is 1.77. The van der Waals surface area contributed by atoms with Crippen LogP contribution in [0.15, 0.2) is 12.3 Å². The van der Waals surface area contributed by atoms with Crippen LogP contribution in [0.3, 0.4) is 0 Å². The van der Waals surface area contributed by atoms with Crippen molar-refractivity contribution in [1.29, 1.82) is 0 Å². The number of nitrogens with zero attached hydrogens (tertiary/aromatic N) is 6. The van der Waals surface area contributed by atoms with Gasteiger partial charge in [-0.3, -0.25) is 4.68 Å². The van der Waals surface area contributed by atoms with Gasteiger partial charge in [0.2, 0.25) is 17.8 Å². The van der Waals surface area contributed by atoms with E-state index in [1.165, 1.54) is 12.8 Å². The van der Waals surface area contributed by atoms with Gasteiger partial charge in [0.1, 0.15) is 0 Å². The average molecular weight is 288 g/mol. The fourth-order valence-corrected chi connectivity index (χ4v) is 2.36. The van der Waals surface area contributed by atoms with Crippen molar-refractivity contribution >= 4 is 17.8 Å². The Hall–Kier alpha value is -2.38. The van der Waals surface area contributed by atoms with Crippen LogP contribution in [0.2, 0.25) is 0 Å². The van der Waals surface area contributed by atoms with Crippen LogP contribution in [-0.4, -0.2) is 44.9 Å². The summed E-state index contributed by atoms with van der Waals surface area (Å²) in [6, 6.07) is 1.97. The van der Waals surface area contributed by atoms with Crippen LogP contribution in [0.25, 0.3) is 0 Å². The Morgan fingerprint density at radius 2 is 1.90 bits per heavy atom. The predicted molar refractivity (Wildman–Crippen MR) is 81.4 cm³/mol. The summed E-state index contributed by atoms with van der Waals surface area (Å²) < 4.78 is 1.83. The topological polar surface area (TPSA) is 83.8 Å². The molecule has 8 heteroatoms. The second-order valence-corrected chi connectivity index (χ2v) is 5.03. The largest absolute Gasteiger partial charge is 0.357 e. The number of aryl methyl sites for hydroxylation is 1. The molecular weight excluding hydrogens is 268 g/mol. The standard InChI is InChI=1S/C13H20N8/c1-14-11-17-12(15-9-10-5-6-16-20(10)2)19-13(18-11)21-7-3-4-8-21/h5-6H,3-4,7-9H2,1-2H3,(H2,14,15,17,18,19). The normalized spacial score (nSPS) is 14.5. The SMILES string of the molecule is CNc1nc(NCc2ccnn2C)nc(N2CCCC2)n1. The van der Waals surface area contributed by atoms with Gasteiger partial charge in [-0.2, -0.15) is 20.1 Å². The Kier molecular flexibility index (Phi) is 3.85. The maximum absolute atomic E-state index is 4.52. The van der Waals surface area contributed by atoms with E-state index in [2.05, 4.69) is 35.6 Å². The van der Waals surface area contributed by atoms with Gasteiger partial charge in [0.05, 0.1) is 12.2 Å². The van der Waals surface area contributed by atoms with Gasteiger partial charge >= 0.3 is 0 Å². The third kappa shape index (κ3) is 3.04. The number of hydrogen-bond donors (Lipinski definition) is 2. The van der Waals surface area contributed by atoms with Gasteiger partial charge in [0, 0.05) is 33.4 Å². The molecule has 21 heavy (non-hydrogen) atoms. The molecule has 0 radical (unpaired) electrons. The summed E-state index contributed by atoms with van der Waals surface area (Å²) in [7, 11) is 3.73. The minimum Gasteiger partial charge on any atom is -0.357 e. The van der Waals surface area contributed by atoms with Crippen LogP contribution >= 0.6 is 0 Å². The van der Waals surface area contributed by atoms with Crippen molar-refractivity contribution in [2.75, 3.05) is 35.7 Å². The molecule has 1 saturated heterocycles. The number of hydrogen-bond acceptors (Lipinski definition) is 7. The molecule has 0 amide bonds. The number of nitrogens with one attached hydrogen (secondary N) is 2. The van der Waals surface area contributed by atoms with Gasteiger partial charge in [0.25, 0.3) is 0 Å². The van der Waals surface area contributed by atoms with Gasteiger partial charge in [-0.1, -0.05) is 0 Å². The van der Waals surface area contributed by atoms with Crippen LogP contribution in [0.5, 0.6) is 0 Å². The monoisotopic (exact) mass is 288 g/mol. The van der Waals surface area contributed by atoms with Crippen molar-refractivity contribution in [3.63, 3.8) is 0 Å². The molecule has 2 aromatic rings. The van der Waals surface area contributed by atoms with Crippen molar-refractivity contribution in [2.45, 2.75) is 19.4 Å². The quantitative estimate of drug-likeness (QED) is 0.844. The molecule has 0 bridgehead atoms. The lowest BCUT2D eigenvalue weighted by Gasteiger charge is -2.16. The van der Waals surface area contributed by atoms with E-state index in [1.807, 2.05) is 24.8 Å². The van der Waals surface area contributed by atoms with Crippen molar-refractivity contribution in [2.24, 2.45) is 7.05 Å². The second kappa shape index (κ2) is 5.94. The molecule has 2 N–H and O–H groups in total. The Morgan fingerprint density at radius 1 is 1.14 bits per heavy atom.